The van der Waals surface area contributed by atoms with E-state index < -0.39 is 0 Å². The summed E-state index contributed by atoms with van der Waals surface area (Å²) in [5.41, 5.74) is 0. The highest BCUT2D eigenvalue weighted by Crippen LogP contribution is 2.32. The number of hydrogen-bond donors (Lipinski definition) is 0. The first kappa shape index (κ1) is 12.5. The highest BCUT2D eigenvalue weighted by Gasteiger charge is 2.30. The van der Waals surface area contributed by atoms with Crippen LogP contribution in [0.3, 0.4) is 0 Å². The van der Waals surface area contributed by atoms with Crippen molar-refractivity contribution in [3.8, 4) is 6.07 Å². The number of hydrogen-bond acceptors (Lipinski definition) is 2. The fraction of sp³-hybridized carbons (Fsp3) is 0.923. The van der Waals surface area contributed by atoms with E-state index in [9.17, 15) is 0 Å². The Hall–Kier alpha value is -0.550. The van der Waals surface area contributed by atoms with Gasteiger partial charge in [0.2, 0.25) is 0 Å². The first-order valence-corrected chi connectivity index (χ1v) is 6.33. The largest absolute Gasteiger partial charge is 0.377 e. The Balaban J connectivity index is 2.38. The van der Waals surface area contributed by atoms with Crippen LogP contribution >= 0.6 is 0 Å². The van der Waals surface area contributed by atoms with Gasteiger partial charge in [0.1, 0.15) is 0 Å². The molecule has 1 rings (SSSR count). The van der Waals surface area contributed by atoms with Crippen LogP contribution in [0.5, 0.6) is 0 Å². The molecule has 2 nitrogen and oxygen atoms in total. The Labute approximate surface area is 93.6 Å². The maximum Gasteiger partial charge on any atom is 0.0735 e. The molecule has 1 aliphatic rings. The Morgan fingerprint density at radius 2 is 2.13 bits per heavy atom. The zero-order valence-corrected chi connectivity index (χ0v) is 10.0. The lowest BCUT2D eigenvalue weighted by Crippen LogP contribution is -2.31. The van der Waals surface area contributed by atoms with E-state index in [2.05, 4.69) is 19.9 Å². The summed E-state index contributed by atoms with van der Waals surface area (Å²) in [4.78, 5) is 0. The van der Waals surface area contributed by atoms with Crippen LogP contribution in [-0.2, 0) is 4.74 Å². The summed E-state index contributed by atoms with van der Waals surface area (Å²) in [6.45, 7) is 5.23. The van der Waals surface area contributed by atoms with E-state index >= 15 is 0 Å². The molecule has 3 atom stereocenters. The van der Waals surface area contributed by atoms with E-state index in [0.29, 0.717) is 0 Å². The van der Waals surface area contributed by atoms with Gasteiger partial charge in [0.15, 0.2) is 0 Å². The molecule has 0 aliphatic heterocycles. The first-order valence-electron chi connectivity index (χ1n) is 6.33. The van der Waals surface area contributed by atoms with E-state index in [1.807, 2.05) is 0 Å². The van der Waals surface area contributed by atoms with Gasteiger partial charge in [-0.05, 0) is 31.6 Å². The summed E-state index contributed by atoms with van der Waals surface area (Å²) in [6.07, 6.45) is 7.06. The van der Waals surface area contributed by atoms with Crippen LogP contribution in [-0.4, -0.2) is 12.7 Å². The van der Waals surface area contributed by atoms with Crippen molar-refractivity contribution in [3.05, 3.63) is 0 Å². The third kappa shape index (κ3) is 3.83. The second-order valence-electron chi connectivity index (χ2n) is 4.59. The molecular formula is C13H23NO. The molecule has 1 fully saturated rings. The Morgan fingerprint density at radius 1 is 1.33 bits per heavy atom. The van der Waals surface area contributed by atoms with Gasteiger partial charge < -0.3 is 4.74 Å². The first-order chi connectivity index (χ1) is 7.31. The molecule has 0 radical (unpaired) electrons. The van der Waals surface area contributed by atoms with Crippen LogP contribution in [0.25, 0.3) is 0 Å². The standard InChI is InChI=1S/C13H23NO/c1-3-5-8-15-13-9-11(4-2)6-7-12(13)10-14/h11-13H,3-9H2,1-2H3. The van der Waals surface area contributed by atoms with Crippen LogP contribution < -0.4 is 0 Å². The molecule has 1 saturated carbocycles. The molecule has 0 amide bonds. The summed E-state index contributed by atoms with van der Waals surface area (Å²) in [6, 6.07) is 2.40. The average molecular weight is 209 g/mol. The molecule has 0 aromatic carbocycles. The van der Waals surface area contributed by atoms with Gasteiger partial charge in [0, 0.05) is 6.61 Å². The van der Waals surface area contributed by atoms with Gasteiger partial charge in [-0.15, -0.1) is 0 Å². The summed E-state index contributed by atoms with van der Waals surface area (Å²) >= 11 is 0. The highest BCUT2D eigenvalue weighted by atomic mass is 16.5. The second-order valence-corrected chi connectivity index (χ2v) is 4.59. The maximum absolute atomic E-state index is 9.05. The van der Waals surface area contributed by atoms with E-state index in [1.54, 1.807) is 0 Å². The Kier molecular flexibility index (Phi) is 5.71. The van der Waals surface area contributed by atoms with Gasteiger partial charge in [0.05, 0.1) is 18.1 Å². The Bertz CT molecular complexity index is 209. The lowest BCUT2D eigenvalue weighted by Gasteiger charge is -2.32. The molecule has 0 N–H and O–H groups in total. The van der Waals surface area contributed by atoms with Crippen molar-refractivity contribution < 1.29 is 4.74 Å². The monoisotopic (exact) mass is 209 g/mol. The van der Waals surface area contributed by atoms with Crippen molar-refractivity contribution in [2.45, 2.75) is 58.5 Å². The third-order valence-electron chi connectivity index (χ3n) is 3.47. The van der Waals surface area contributed by atoms with Gasteiger partial charge in [0.25, 0.3) is 0 Å². The topological polar surface area (TPSA) is 33.0 Å². The van der Waals surface area contributed by atoms with Crippen LogP contribution in [0.4, 0.5) is 0 Å². The number of ether oxygens (including phenoxy) is 1. The molecule has 0 heterocycles. The van der Waals surface area contributed by atoms with Gasteiger partial charge in [-0.2, -0.15) is 5.26 Å². The van der Waals surface area contributed by atoms with E-state index in [-0.39, 0.29) is 12.0 Å². The molecular weight excluding hydrogens is 186 g/mol. The van der Waals surface area contributed by atoms with Crippen molar-refractivity contribution >= 4 is 0 Å². The average Bonchev–Trinajstić information content (AvgIpc) is 2.29. The molecule has 0 saturated heterocycles. The van der Waals surface area contributed by atoms with Gasteiger partial charge >= 0.3 is 0 Å². The lowest BCUT2D eigenvalue weighted by molar-refractivity contribution is -0.0111. The minimum absolute atomic E-state index is 0.143. The molecule has 15 heavy (non-hydrogen) atoms. The smallest absolute Gasteiger partial charge is 0.0735 e. The third-order valence-corrected chi connectivity index (χ3v) is 3.47. The zero-order valence-electron chi connectivity index (χ0n) is 10.0. The lowest BCUT2D eigenvalue weighted by atomic mass is 9.79. The molecule has 0 spiro atoms. The molecule has 86 valence electrons. The van der Waals surface area contributed by atoms with Gasteiger partial charge in [-0.25, -0.2) is 0 Å². The molecule has 0 bridgehead atoms. The van der Waals surface area contributed by atoms with E-state index in [4.69, 9.17) is 10.00 Å². The number of nitrogens with zero attached hydrogens (tertiary/aromatic N) is 1. The fourth-order valence-electron chi connectivity index (χ4n) is 2.29. The van der Waals surface area contributed by atoms with Crippen LogP contribution in [0, 0.1) is 23.2 Å². The number of rotatable bonds is 5. The molecule has 2 heteroatoms. The quantitative estimate of drug-likeness (QED) is 0.649. The maximum atomic E-state index is 9.05. The molecule has 0 aromatic heterocycles. The minimum atomic E-state index is 0.143. The molecule has 0 aromatic rings. The normalized spacial score (nSPS) is 31.1. The predicted molar refractivity (Wildman–Crippen MR) is 61.4 cm³/mol. The predicted octanol–water partition coefficient (Wildman–Crippen LogP) is 3.52. The van der Waals surface area contributed by atoms with Crippen molar-refractivity contribution in [2.24, 2.45) is 11.8 Å². The van der Waals surface area contributed by atoms with Crippen molar-refractivity contribution in [2.75, 3.05) is 6.61 Å². The molecule has 1 aliphatic carbocycles. The van der Waals surface area contributed by atoms with Crippen molar-refractivity contribution in [1.82, 2.24) is 0 Å². The SMILES string of the molecule is CCCCOC1CC(CC)CCC1C#N. The number of nitriles is 1. The van der Waals surface area contributed by atoms with E-state index in [0.717, 1.165) is 31.8 Å². The van der Waals surface area contributed by atoms with Crippen molar-refractivity contribution in [3.63, 3.8) is 0 Å². The minimum Gasteiger partial charge on any atom is -0.377 e. The van der Waals surface area contributed by atoms with Crippen molar-refractivity contribution in [1.29, 1.82) is 5.26 Å². The summed E-state index contributed by atoms with van der Waals surface area (Å²) in [7, 11) is 0. The van der Waals surface area contributed by atoms with E-state index in [1.165, 1.54) is 19.3 Å². The zero-order chi connectivity index (χ0) is 11.1. The van der Waals surface area contributed by atoms with Crippen LogP contribution in [0.1, 0.15) is 52.4 Å². The fourth-order valence-corrected chi connectivity index (χ4v) is 2.29. The van der Waals surface area contributed by atoms with Crippen LogP contribution in [0.15, 0.2) is 0 Å². The summed E-state index contributed by atoms with van der Waals surface area (Å²) in [5.74, 6) is 0.922. The highest BCUT2D eigenvalue weighted by molar-refractivity contribution is 4.93. The molecule has 3 unspecified atom stereocenters. The summed E-state index contributed by atoms with van der Waals surface area (Å²) in [5, 5.41) is 9.05. The van der Waals surface area contributed by atoms with Gasteiger partial charge in [-0.1, -0.05) is 26.7 Å². The van der Waals surface area contributed by atoms with Crippen LogP contribution in [0.2, 0.25) is 0 Å². The summed E-state index contributed by atoms with van der Waals surface area (Å²) < 4.78 is 5.84. The van der Waals surface area contributed by atoms with Gasteiger partial charge in [-0.3, -0.25) is 0 Å². The Morgan fingerprint density at radius 3 is 2.73 bits per heavy atom. The second kappa shape index (κ2) is 6.85. The number of unbranched alkanes of at least 4 members (excludes halogenated alkanes) is 1.